The van der Waals surface area contributed by atoms with Crippen LogP contribution in [0, 0.1) is 18.3 Å². The number of alkyl halides is 6. The maximum atomic E-state index is 13.4. The summed E-state index contributed by atoms with van der Waals surface area (Å²) in [7, 11) is 0. The van der Waals surface area contributed by atoms with Crippen molar-refractivity contribution in [2.75, 3.05) is 19.6 Å². The van der Waals surface area contributed by atoms with Gasteiger partial charge in [-0.15, -0.1) is 6.42 Å². The maximum absolute atomic E-state index is 13.4. The molecule has 0 aromatic heterocycles. The highest BCUT2D eigenvalue weighted by Crippen LogP contribution is 2.38. The minimum absolute atomic E-state index is 0.0463. The Morgan fingerprint density at radius 3 is 2.65 bits per heavy atom. The maximum Gasteiger partial charge on any atom is 0.416 e. The normalized spacial score (nSPS) is 22.9. The summed E-state index contributed by atoms with van der Waals surface area (Å²) in [6.07, 6.45) is -2.12. The van der Waals surface area contributed by atoms with Crippen LogP contribution < -0.4 is 5.32 Å². The average Bonchev–Trinajstić information content (AvgIpc) is 3.24. The van der Waals surface area contributed by atoms with Crippen molar-refractivity contribution >= 4 is 22.8 Å². The van der Waals surface area contributed by atoms with Crippen LogP contribution in [-0.2, 0) is 18.9 Å². The van der Waals surface area contributed by atoms with E-state index in [-0.39, 0.29) is 35.9 Å². The van der Waals surface area contributed by atoms with Gasteiger partial charge in [-0.3, -0.25) is 14.7 Å². The molecule has 0 radical (unpaired) electrons. The number of benzene rings is 1. The topological polar surface area (TPSA) is 44.7 Å². The predicted molar refractivity (Wildman–Crippen MR) is 105 cm³/mol. The molecule has 1 atom stereocenters. The summed E-state index contributed by atoms with van der Waals surface area (Å²) >= 11 is 0.964. The molecule has 1 N–H and O–H groups in total. The Hall–Kier alpha value is -2.45. The molecule has 2 saturated heterocycles. The first-order chi connectivity index (χ1) is 14.5. The molecule has 1 amide bonds. The Kier molecular flexibility index (Phi) is 6.71. The van der Waals surface area contributed by atoms with Gasteiger partial charge < -0.3 is 5.32 Å². The smallest absolute Gasteiger partial charge is 0.300 e. The number of terminal acetylenes is 1. The Balaban J connectivity index is 1.74. The molecule has 4 nitrogen and oxygen atoms in total. The number of nitrogens with one attached hydrogen (secondary N) is 1. The number of carbonyl (C=O) groups is 1. The van der Waals surface area contributed by atoms with Crippen molar-refractivity contribution < 1.29 is 31.1 Å². The van der Waals surface area contributed by atoms with E-state index in [2.05, 4.69) is 16.2 Å². The van der Waals surface area contributed by atoms with Crippen LogP contribution in [0.5, 0.6) is 0 Å². The van der Waals surface area contributed by atoms with Gasteiger partial charge in [-0.1, -0.05) is 18.1 Å². The molecule has 2 heterocycles. The van der Waals surface area contributed by atoms with Gasteiger partial charge in [0.25, 0.3) is 5.24 Å². The molecule has 0 bridgehead atoms. The quantitative estimate of drug-likeness (QED) is 0.512. The fraction of sp³-hybridized carbons (Fsp3) is 0.400. The largest absolute Gasteiger partial charge is 0.416 e. The second-order valence-electron chi connectivity index (χ2n) is 7.07. The molecule has 166 valence electrons. The number of amides is 1. The van der Waals surface area contributed by atoms with E-state index in [0.29, 0.717) is 36.3 Å². The molecule has 1 unspecified atom stereocenters. The summed E-state index contributed by atoms with van der Waals surface area (Å²) in [5.41, 5.74) is -2.83. The minimum Gasteiger partial charge on any atom is -0.300 e. The van der Waals surface area contributed by atoms with E-state index in [0.717, 1.165) is 17.8 Å². The highest BCUT2D eigenvalue weighted by molar-refractivity contribution is 8.18. The molecule has 0 aliphatic carbocycles. The van der Waals surface area contributed by atoms with Crippen LogP contribution in [0.15, 0.2) is 34.2 Å². The van der Waals surface area contributed by atoms with Crippen LogP contribution in [0.25, 0.3) is 0 Å². The number of aliphatic imine (C=N–C) groups is 1. The zero-order valence-electron chi connectivity index (χ0n) is 16.0. The van der Waals surface area contributed by atoms with Gasteiger partial charge in [0.1, 0.15) is 12.4 Å². The third-order valence-electron chi connectivity index (χ3n) is 4.82. The lowest BCUT2D eigenvalue weighted by Gasteiger charge is -2.20. The highest BCUT2D eigenvalue weighted by Gasteiger charge is 2.38. The van der Waals surface area contributed by atoms with Gasteiger partial charge >= 0.3 is 12.4 Å². The minimum atomic E-state index is -4.90. The highest BCUT2D eigenvalue weighted by atomic mass is 32.2. The summed E-state index contributed by atoms with van der Waals surface area (Å²) in [6, 6.07) is 1.71. The molecular formula is C20H17F6N3OS. The van der Waals surface area contributed by atoms with Crippen molar-refractivity contribution in [2.45, 2.75) is 25.3 Å². The molecule has 1 aromatic carbocycles. The first kappa shape index (κ1) is 23.2. The Bertz CT molecular complexity index is 961. The number of halogens is 6. The number of rotatable bonds is 4. The van der Waals surface area contributed by atoms with E-state index < -0.39 is 23.5 Å². The number of amidine groups is 1. The van der Waals surface area contributed by atoms with Gasteiger partial charge in [0.2, 0.25) is 0 Å². The molecule has 11 heteroatoms. The standard InChI is InChI=1S/C20H17F6N3OS/c1-2-6-27-17-16(31-18(30)28-17)8-12-5-7-29(10-12)11-13-3-4-14(19(21,22)23)9-15(13)20(24,25)26/h1,3-4,8-9,12H,5-7,10-11H2,(H,27,28,30)/b16-8-. The average molecular weight is 461 g/mol. The Labute approximate surface area is 178 Å². The lowest BCUT2D eigenvalue weighted by molar-refractivity contribution is -0.143. The number of nitrogens with zero attached hydrogens (tertiary/aromatic N) is 2. The number of thioether (sulfide) groups is 1. The van der Waals surface area contributed by atoms with Crippen molar-refractivity contribution in [1.29, 1.82) is 0 Å². The molecule has 0 spiro atoms. The molecular weight excluding hydrogens is 444 g/mol. The first-order valence-corrected chi connectivity index (χ1v) is 9.97. The number of carbonyl (C=O) groups excluding carboxylic acids is 1. The number of hydrogen-bond donors (Lipinski definition) is 1. The van der Waals surface area contributed by atoms with Gasteiger partial charge in [-0.2, -0.15) is 26.3 Å². The number of hydrogen-bond acceptors (Lipinski definition) is 4. The lowest BCUT2D eigenvalue weighted by Crippen LogP contribution is -2.23. The number of likely N-dealkylation sites (tertiary alicyclic amines) is 1. The van der Waals surface area contributed by atoms with Gasteiger partial charge in [0.05, 0.1) is 16.0 Å². The molecule has 2 fully saturated rings. The van der Waals surface area contributed by atoms with E-state index in [1.54, 1.807) is 4.90 Å². The second-order valence-corrected chi connectivity index (χ2v) is 8.08. The summed E-state index contributed by atoms with van der Waals surface area (Å²) in [5.74, 6) is 2.67. The third-order valence-corrected chi connectivity index (χ3v) is 5.65. The molecule has 0 saturated carbocycles. The molecule has 2 aliphatic heterocycles. The van der Waals surface area contributed by atoms with Crippen molar-refractivity contribution in [3.05, 3.63) is 45.9 Å². The van der Waals surface area contributed by atoms with Gasteiger partial charge in [-0.25, -0.2) is 0 Å². The summed E-state index contributed by atoms with van der Waals surface area (Å²) in [5, 5.41) is 2.29. The van der Waals surface area contributed by atoms with Crippen molar-refractivity contribution in [1.82, 2.24) is 10.2 Å². The summed E-state index contributed by atoms with van der Waals surface area (Å²) in [4.78, 5) is 18.1. The van der Waals surface area contributed by atoms with Crippen molar-refractivity contribution in [2.24, 2.45) is 10.9 Å². The summed E-state index contributed by atoms with van der Waals surface area (Å²) < 4.78 is 78.6. The van der Waals surface area contributed by atoms with Crippen LogP contribution in [0.4, 0.5) is 31.1 Å². The zero-order valence-corrected chi connectivity index (χ0v) is 16.8. The summed E-state index contributed by atoms with van der Waals surface area (Å²) in [6.45, 7) is 0.835. The molecule has 1 aromatic rings. The van der Waals surface area contributed by atoms with Crippen molar-refractivity contribution in [3.8, 4) is 12.3 Å². The van der Waals surface area contributed by atoms with E-state index in [1.807, 2.05) is 6.08 Å². The van der Waals surface area contributed by atoms with Gasteiger partial charge in [-0.05, 0) is 48.3 Å². The van der Waals surface area contributed by atoms with Gasteiger partial charge in [0.15, 0.2) is 0 Å². The van der Waals surface area contributed by atoms with E-state index in [1.165, 1.54) is 0 Å². The zero-order chi connectivity index (χ0) is 22.8. The van der Waals surface area contributed by atoms with E-state index >= 15 is 0 Å². The van der Waals surface area contributed by atoms with Crippen molar-refractivity contribution in [3.63, 3.8) is 0 Å². The third kappa shape index (κ3) is 5.83. The SMILES string of the molecule is C#CCN=C1NC(=O)S/C1=C\C1CCN(Cc2ccc(C(F)(F)F)cc2C(F)(F)F)C1. The van der Waals surface area contributed by atoms with Crippen LogP contribution >= 0.6 is 11.8 Å². The van der Waals surface area contributed by atoms with Crippen LogP contribution in [0.2, 0.25) is 0 Å². The molecule has 2 aliphatic rings. The van der Waals surface area contributed by atoms with E-state index in [4.69, 9.17) is 6.42 Å². The second kappa shape index (κ2) is 8.96. The first-order valence-electron chi connectivity index (χ1n) is 9.16. The fourth-order valence-corrected chi connectivity index (χ4v) is 4.26. The van der Waals surface area contributed by atoms with Crippen LogP contribution in [0.1, 0.15) is 23.1 Å². The monoisotopic (exact) mass is 461 g/mol. The predicted octanol–water partition coefficient (Wildman–Crippen LogP) is 4.92. The van der Waals surface area contributed by atoms with Gasteiger partial charge in [0, 0.05) is 13.1 Å². The lowest BCUT2D eigenvalue weighted by atomic mass is 10.0. The molecule has 3 rings (SSSR count). The fourth-order valence-electron chi connectivity index (χ4n) is 3.44. The molecule has 31 heavy (non-hydrogen) atoms. The Morgan fingerprint density at radius 2 is 2.00 bits per heavy atom. The van der Waals surface area contributed by atoms with E-state index in [9.17, 15) is 31.1 Å². The van der Waals surface area contributed by atoms with Crippen LogP contribution in [0.3, 0.4) is 0 Å². The Morgan fingerprint density at radius 1 is 1.26 bits per heavy atom. The van der Waals surface area contributed by atoms with Crippen LogP contribution in [-0.4, -0.2) is 35.6 Å².